The number of aldehydes is 1. The summed E-state index contributed by atoms with van der Waals surface area (Å²) >= 11 is 0. The summed E-state index contributed by atoms with van der Waals surface area (Å²) in [6.07, 6.45) is 1.69. The SMILES string of the molecule is CC[C@H](NC(=O)c1ccc2c(c1)c(C)c(C)n2Cc1ccccc1-c1ccc(C=O)cc1)c1ccccc1. The van der Waals surface area contributed by atoms with E-state index in [1.54, 1.807) is 0 Å². The zero-order chi connectivity index (χ0) is 26.6. The fraction of sp³-hybridized carbons (Fsp3) is 0.176. The normalized spacial score (nSPS) is 11.9. The molecule has 0 fully saturated rings. The van der Waals surface area contributed by atoms with Gasteiger partial charge >= 0.3 is 0 Å². The lowest BCUT2D eigenvalue weighted by Gasteiger charge is -2.17. The van der Waals surface area contributed by atoms with Crippen LogP contribution < -0.4 is 5.32 Å². The fourth-order valence-electron chi connectivity index (χ4n) is 5.19. The molecule has 1 amide bonds. The first-order chi connectivity index (χ1) is 18.5. The summed E-state index contributed by atoms with van der Waals surface area (Å²) in [5, 5.41) is 4.30. The molecule has 0 bridgehead atoms. The number of nitrogens with one attached hydrogen (secondary N) is 1. The number of aromatic nitrogens is 1. The highest BCUT2D eigenvalue weighted by atomic mass is 16.1. The molecule has 4 aromatic carbocycles. The minimum atomic E-state index is -0.0588. The quantitative estimate of drug-likeness (QED) is 0.222. The number of aryl methyl sites for hydroxylation is 1. The monoisotopic (exact) mass is 500 g/mol. The Kier molecular flexibility index (Phi) is 7.23. The molecule has 0 radical (unpaired) electrons. The molecule has 190 valence electrons. The molecular weight excluding hydrogens is 468 g/mol. The van der Waals surface area contributed by atoms with Crippen LogP contribution in [-0.2, 0) is 6.54 Å². The summed E-state index contributed by atoms with van der Waals surface area (Å²) in [5.41, 5.74) is 9.34. The topological polar surface area (TPSA) is 51.1 Å². The number of nitrogens with zero attached hydrogens (tertiary/aromatic N) is 1. The lowest BCUT2D eigenvalue weighted by Crippen LogP contribution is -2.28. The van der Waals surface area contributed by atoms with Gasteiger partial charge in [0.25, 0.3) is 5.91 Å². The van der Waals surface area contributed by atoms with Gasteiger partial charge in [0, 0.05) is 34.3 Å². The number of benzene rings is 4. The number of amides is 1. The van der Waals surface area contributed by atoms with Crippen LogP contribution in [0.3, 0.4) is 0 Å². The van der Waals surface area contributed by atoms with Crippen LogP contribution in [0.5, 0.6) is 0 Å². The van der Waals surface area contributed by atoms with Crippen molar-refractivity contribution in [1.29, 1.82) is 0 Å². The van der Waals surface area contributed by atoms with Crippen LogP contribution in [0.4, 0.5) is 0 Å². The number of hydrogen-bond acceptors (Lipinski definition) is 2. The largest absolute Gasteiger partial charge is 0.345 e. The van der Waals surface area contributed by atoms with E-state index in [0.717, 1.165) is 40.3 Å². The third-order valence-corrected chi connectivity index (χ3v) is 7.52. The predicted octanol–water partition coefficient (Wildman–Crippen LogP) is 7.67. The molecule has 0 saturated heterocycles. The molecule has 4 nitrogen and oxygen atoms in total. The second-order valence-electron chi connectivity index (χ2n) is 9.77. The van der Waals surface area contributed by atoms with Crippen LogP contribution in [0.15, 0.2) is 97.1 Å². The molecule has 5 rings (SSSR count). The first kappa shape index (κ1) is 25.2. The summed E-state index contributed by atoms with van der Waals surface area (Å²) in [7, 11) is 0. The molecule has 0 aliphatic rings. The lowest BCUT2D eigenvalue weighted by molar-refractivity contribution is 0.0935. The Labute approximate surface area is 223 Å². The Morgan fingerprint density at radius 3 is 2.32 bits per heavy atom. The van der Waals surface area contributed by atoms with Crippen LogP contribution in [0.2, 0.25) is 0 Å². The first-order valence-corrected chi connectivity index (χ1v) is 13.1. The number of rotatable bonds is 8. The van der Waals surface area contributed by atoms with Gasteiger partial charge < -0.3 is 9.88 Å². The maximum absolute atomic E-state index is 13.2. The summed E-state index contributed by atoms with van der Waals surface area (Å²) in [6, 6.07) is 32.2. The van der Waals surface area contributed by atoms with E-state index in [-0.39, 0.29) is 11.9 Å². The van der Waals surface area contributed by atoms with E-state index in [9.17, 15) is 9.59 Å². The highest BCUT2D eigenvalue weighted by Crippen LogP contribution is 2.30. The van der Waals surface area contributed by atoms with Gasteiger partial charge in [-0.2, -0.15) is 0 Å². The molecule has 0 saturated carbocycles. The minimum Gasteiger partial charge on any atom is -0.345 e. The Morgan fingerprint density at radius 1 is 0.895 bits per heavy atom. The van der Waals surface area contributed by atoms with Gasteiger partial charge in [-0.05, 0) is 66.3 Å². The molecule has 38 heavy (non-hydrogen) atoms. The van der Waals surface area contributed by atoms with Gasteiger partial charge in [0.1, 0.15) is 6.29 Å². The molecule has 1 N–H and O–H groups in total. The van der Waals surface area contributed by atoms with Crippen LogP contribution in [0.1, 0.15) is 62.5 Å². The Balaban J connectivity index is 1.46. The molecule has 0 unspecified atom stereocenters. The molecule has 1 heterocycles. The molecule has 1 aromatic heterocycles. The minimum absolute atomic E-state index is 0.0241. The summed E-state index contributed by atoms with van der Waals surface area (Å²) in [6.45, 7) is 7.06. The van der Waals surface area contributed by atoms with Crippen molar-refractivity contribution < 1.29 is 9.59 Å². The van der Waals surface area contributed by atoms with Crippen LogP contribution in [0.25, 0.3) is 22.0 Å². The zero-order valence-corrected chi connectivity index (χ0v) is 22.1. The Bertz CT molecular complexity index is 1600. The Hall–Kier alpha value is -4.44. The van der Waals surface area contributed by atoms with Crippen LogP contribution >= 0.6 is 0 Å². The molecular formula is C34H32N2O2. The average Bonchev–Trinajstić information content (AvgIpc) is 3.20. The zero-order valence-electron chi connectivity index (χ0n) is 22.1. The van der Waals surface area contributed by atoms with Gasteiger partial charge in [-0.1, -0.05) is 85.8 Å². The van der Waals surface area contributed by atoms with E-state index >= 15 is 0 Å². The second kappa shape index (κ2) is 10.9. The molecule has 0 aliphatic carbocycles. The highest BCUT2D eigenvalue weighted by molar-refractivity contribution is 5.99. The van der Waals surface area contributed by atoms with Crippen molar-refractivity contribution in [3.05, 3.63) is 131 Å². The van der Waals surface area contributed by atoms with Gasteiger partial charge in [-0.15, -0.1) is 0 Å². The smallest absolute Gasteiger partial charge is 0.251 e. The van der Waals surface area contributed by atoms with Crippen molar-refractivity contribution in [1.82, 2.24) is 9.88 Å². The average molecular weight is 501 g/mol. The van der Waals surface area contributed by atoms with Crippen molar-refractivity contribution in [2.24, 2.45) is 0 Å². The molecule has 0 aliphatic heterocycles. The van der Waals surface area contributed by atoms with Crippen molar-refractivity contribution in [3.63, 3.8) is 0 Å². The first-order valence-electron chi connectivity index (χ1n) is 13.1. The van der Waals surface area contributed by atoms with Gasteiger partial charge in [-0.25, -0.2) is 0 Å². The third kappa shape index (κ3) is 4.90. The van der Waals surface area contributed by atoms with Crippen LogP contribution in [-0.4, -0.2) is 16.8 Å². The van der Waals surface area contributed by atoms with Crippen molar-refractivity contribution in [2.45, 2.75) is 39.8 Å². The van der Waals surface area contributed by atoms with E-state index in [2.05, 4.69) is 67.1 Å². The van der Waals surface area contributed by atoms with E-state index in [1.807, 2.05) is 60.7 Å². The molecule has 4 heteroatoms. The number of carbonyl (C=O) groups is 2. The summed E-state index contributed by atoms with van der Waals surface area (Å²) < 4.78 is 2.32. The summed E-state index contributed by atoms with van der Waals surface area (Å²) in [5.74, 6) is -0.0588. The predicted molar refractivity (Wildman–Crippen MR) is 155 cm³/mol. The van der Waals surface area contributed by atoms with Crippen molar-refractivity contribution >= 4 is 23.1 Å². The van der Waals surface area contributed by atoms with E-state index in [0.29, 0.717) is 17.7 Å². The standard InChI is InChI=1S/C34H32N2O2/c1-4-32(27-10-6-5-7-11-27)35-34(38)28-18-19-33-31(20-28)23(2)24(3)36(33)21-29-12-8-9-13-30(29)26-16-14-25(22-37)15-17-26/h5-20,22,32H,4,21H2,1-3H3,(H,35,38)/t32-/m0/s1. The van der Waals surface area contributed by atoms with Gasteiger partial charge in [0.2, 0.25) is 0 Å². The summed E-state index contributed by atoms with van der Waals surface area (Å²) in [4.78, 5) is 24.3. The van der Waals surface area contributed by atoms with E-state index in [4.69, 9.17) is 0 Å². The van der Waals surface area contributed by atoms with Gasteiger partial charge in [-0.3, -0.25) is 9.59 Å². The van der Waals surface area contributed by atoms with Crippen molar-refractivity contribution in [3.8, 4) is 11.1 Å². The lowest BCUT2D eigenvalue weighted by atomic mass is 9.98. The van der Waals surface area contributed by atoms with Crippen LogP contribution in [0, 0.1) is 13.8 Å². The van der Waals surface area contributed by atoms with E-state index < -0.39 is 0 Å². The number of fused-ring (bicyclic) bond motifs is 1. The highest BCUT2D eigenvalue weighted by Gasteiger charge is 2.18. The molecule has 1 atom stereocenters. The van der Waals surface area contributed by atoms with E-state index in [1.165, 1.54) is 16.8 Å². The maximum atomic E-state index is 13.2. The third-order valence-electron chi connectivity index (χ3n) is 7.52. The maximum Gasteiger partial charge on any atom is 0.251 e. The Morgan fingerprint density at radius 2 is 1.61 bits per heavy atom. The number of carbonyl (C=O) groups excluding carboxylic acids is 2. The van der Waals surface area contributed by atoms with Crippen molar-refractivity contribution in [2.75, 3.05) is 0 Å². The second-order valence-corrected chi connectivity index (χ2v) is 9.77. The van der Waals surface area contributed by atoms with Gasteiger partial charge in [0.15, 0.2) is 0 Å². The van der Waals surface area contributed by atoms with Gasteiger partial charge in [0.05, 0.1) is 6.04 Å². The number of hydrogen-bond donors (Lipinski definition) is 1. The molecule has 0 spiro atoms. The molecule has 5 aromatic rings. The fourth-order valence-corrected chi connectivity index (χ4v) is 5.19.